The largest absolute Gasteiger partial charge is 0.368 e. The smallest absolute Gasteiger partial charge is 0.351 e. The zero-order valence-corrected chi connectivity index (χ0v) is 20.0. The van der Waals surface area contributed by atoms with Gasteiger partial charge in [-0.05, 0) is 49.6 Å². The number of anilines is 4. The van der Waals surface area contributed by atoms with Crippen molar-refractivity contribution in [3.05, 3.63) is 36.0 Å². The number of nitrogens with two attached hydrogens (primary N) is 1. The van der Waals surface area contributed by atoms with Crippen LogP contribution in [-0.2, 0) is 4.79 Å². The predicted molar refractivity (Wildman–Crippen MR) is 136 cm³/mol. The van der Waals surface area contributed by atoms with Crippen molar-refractivity contribution in [2.45, 2.75) is 19.8 Å². The number of piperazine rings is 1. The first-order valence-corrected chi connectivity index (χ1v) is 12.2. The molecule has 3 aromatic rings. The molecular weight excluding hydrogens is 442 g/mol. The number of hydrogen-bond acceptors (Lipinski definition) is 7. The Kier molecular flexibility index (Phi) is 6.42. The maximum Gasteiger partial charge on any atom is 0.351 e. The Morgan fingerprint density at radius 2 is 1.89 bits per heavy atom. The first-order chi connectivity index (χ1) is 17.1. The van der Waals surface area contributed by atoms with Gasteiger partial charge < -0.3 is 25.4 Å². The lowest BCUT2D eigenvalue weighted by Crippen LogP contribution is -2.48. The van der Waals surface area contributed by atoms with Crippen molar-refractivity contribution >= 4 is 40.1 Å². The van der Waals surface area contributed by atoms with Gasteiger partial charge in [-0.25, -0.2) is 4.98 Å². The summed E-state index contributed by atoms with van der Waals surface area (Å²) in [6.07, 6.45) is 3.78. The number of benzene rings is 1. The topological polar surface area (TPSA) is 131 Å². The molecule has 2 fully saturated rings. The molecule has 5 rings (SSSR count). The lowest BCUT2D eigenvalue weighted by atomic mass is 9.97. The first-order valence-electron chi connectivity index (χ1n) is 12.2. The van der Waals surface area contributed by atoms with Crippen LogP contribution in [0.15, 0.2) is 30.5 Å². The number of piperidine rings is 1. The number of H-pyrrole nitrogens is 2. The highest BCUT2D eigenvalue weighted by Crippen LogP contribution is 2.29. The van der Waals surface area contributed by atoms with Crippen LogP contribution in [0, 0.1) is 17.2 Å². The van der Waals surface area contributed by atoms with Crippen molar-refractivity contribution in [2.24, 2.45) is 11.7 Å². The molecule has 5 N–H and O–H groups in total. The predicted octanol–water partition coefficient (Wildman–Crippen LogP) is 1.84. The van der Waals surface area contributed by atoms with E-state index in [4.69, 9.17) is 10.7 Å². The average molecular weight is 475 g/mol. The van der Waals surface area contributed by atoms with E-state index in [-0.39, 0.29) is 5.91 Å². The van der Waals surface area contributed by atoms with Crippen LogP contribution < -0.4 is 25.8 Å². The van der Waals surface area contributed by atoms with Crippen LogP contribution in [0.4, 0.5) is 23.1 Å². The standard InChI is InChI=1S/C25H31N9O/c1-17(35)32-10-12-33(13-11-32)21-4-2-20(3-5-21)29-25-30-23-22(19(15-27)16-28-23)24(31-25)34-8-6-18(14-26)7-9-34/h2-5,16,18H,6-14,26H2,1H3,(H2,28,29,30,31)/p+1. The van der Waals surface area contributed by atoms with E-state index in [1.807, 2.05) is 17.0 Å². The van der Waals surface area contributed by atoms with E-state index in [1.54, 1.807) is 13.1 Å². The minimum Gasteiger partial charge on any atom is -0.368 e. The molecule has 1 amide bonds. The van der Waals surface area contributed by atoms with E-state index in [9.17, 15) is 10.1 Å². The monoisotopic (exact) mass is 474 g/mol. The highest BCUT2D eigenvalue weighted by atomic mass is 16.2. The molecule has 0 bridgehead atoms. The van der Waals surface area contributed by atoms with E-state index in [0.717, 1.165) is 74.7 Å². The highest BCUT2D eigenvalue weighted by Gasteiger charge is 2.27. The Labute approximate surface area is 204 Å². The van der Waals surface area contributed by atoms with Crippen molar-refractivity contribution < 1.29 is 9.78 Å². The molecule has 2 aliphatic heterocycles. The summed E-state index contributed by atoms with van der Waals surface area (Å²) < 4.78 is 0. The molecule has 0 atom stereocenters. The number of hydrogen-bond donors (Lipinski definition) is 3. The van der Waals surface area contributed by atoms with Crippen molar-refractivity contribution in [1.82, 2.24) is 14.9 Å². The molecule has 0 spiro atoms. The molecule has 0 radical (unpaired) electrons. The lowest BCUT2D eigenvalue weighted by molar-refractivity contribution is -0.349. The highest BCUT2D eigenvalue weighted by molar-refractivity contribution is 5.92. The second kappa shape index (κ2) is 9.80. The molecule has 0 aliphatic carbocycles. The number of rotatable bonds is 5. The van der Waals surface area contributed by atoms with E-state index < -0.39 is 0 Å². The second-order valence-electron chi connectivity index (χ2n) is 9.30. The minimum absolute atomic E-state index is 0.136. The molecule has 182 valence electrons. The molecule has 35 heavy (non-hydrogen) atoms. The Morgan fingerprint density at radius 3 is 2.51 bits per heavy atom. The van der Waals surface area contributed by atoms with E-state index in [1.165, 1.54) is 0 Å². The number of aromatic nitrogens is 3. The molecule has 1 aromatic carbocycles. The normalized spacial score (nSPS) is 17.0. The first kappa shape index (κ1) is 22.9. The lowest BCUT2D eigenvalue weighted by Gasteiger charge is -2.35. The van der Waals surface area contributed by atoms with Crippen molar-refractivity contribution in [3.8, 4) is 6.07 Å². The van der Waals surface area contributed by atoms with Crippen LogP contribution >= 0.6 is 0 Å². The number of carbonyl (C=O) groups is 1. The molecule has 10 nitrogen and oxygen atoms in total. The molecule has 0 unspecified atom stereocenters. The van der Waals surface area contributed by atoms with Crippen molar-refractivity contribution in [3.63, 3.8) is 0 Å². The van der Waals surface area contributed by atoms with Crippen LogP contribution in [0.2, 0.25) is 0 Å². The van der Waals surface area contributed by atoms with Gasteiger partial charge >= 0.3 is 5.95 Å². The summed E-state index contributed by atoms with van der Waals surface area (Å²) in [5, 5.41) is 13.8. The number of carbonyl (C=O) groups excluding carboxylic acids is 1. The maximum atomic E-state index is 11.6. The molecule has 0 saturated carbocycles. The number of nitrogens with zero attached hydrogens (tertiary/aromatic N) is 5. The molecule has 4 heterocycles. The summed E-state index contributed by atoms with van der Waals surface area (Å²) in [5.41, 5.74) is 9.20. The fourth-order valence-electron chi connectivity index (χ4n) is 5.00. The number of amides is 1. The van der Waals surface area contributed by atoms with Gasteiger partial charge in [0.25, 0.3) is 0 Å². The third-order valence-electron chi connectivity index (χ3n) is 7.16. The molecular formula is C25H32N9O+. The van der Waals surface area contributed by atoms with Gasteiger partial charge in [0, 0.05) is 45.0 Å². The van der Waals surface area contributed by atoms with Crippen LogP contribution in [0.1, 0.15) is 25.3 Å². The summed E-state index contributed by atoms with van der Waals surface area (Å²) in [6, 6.07) is 10.5. The summed E-state index contributed by atoms with van der Waals surface area (Å²) in [5.74, 6) is 2.21. The third-order valence-corrected chi connectivity index (χ3v) is 7.16. The van der Waals surface area contributed by atoms with Gasteiger partial charge in [0.2, 0.25) is 17.4 Å². The Morgan fingerprint density at radius 1 is 1.17 bits per heavy atom. The molecule has 2 aromatic heterocycles. The van der Waals surface area contributed by atoms with E-state index in [0.29, 0.717) is 29.6 Å². The Bertz CT molecular complexity index is 1230. The molecule has 2 aliphatic rings. The van der Waals surface area contributed by atoms with Gasteiger partial charge in [0.1, 0.15) is 11.5 Å². The van der Waals surface area contributed by atoms with Gasteiger partial charge in [-0.3, -0.25) is 10.1 Å². The molecule has 10 heteroatoms. The van der Waals surface area contributed by atoms with E-state index >= 15 is 0 Å². The summed E-state index contributed by atoms with van der Waals surface area (Å²) in [7, 11) is 0. The third kappa shape index (κ3) is 4.72. The maximum absolute atomic E-state index is 11.6. The zero-order valence-electron chi connectivity index (χ0n) is 20.0. The number of nitrogens with one attached hydrogen (secondary N) is 3. The SMILES string of the molecule is CC(=O)N1CCN(c2ccc(Nc3nc4[nH]cc(C#N)c4c(N4CCC(CN)CC4)[nH+]3)cc2)CC1. The fourth-order valence-corrected chi connectivity index (χ4v) is 5.00. The van der Waals surface area contributed by atoms with Crippen molar-refractivity contribution in [2.75, 3.05) is 60.9 Å². The van der Waals surface area contributed by atoms with Crippen LogP contribution in [0.3, 0.4) is 0 Å². The number of fused-ring (bicyclic) bond motifs is 1. The van der Waals surface area contributed by atoms with Crippen LogP contribution in [0.25, 0.3) is 11.0 Å². The average Bonchev–Trinajstić information content (AvgIpc) is 3.32. The second-order valence-corrected chi connectivity index (χ2v) is 9.30. The number of nitriles is 1. The van der Waals surface area contributed by atoms with Gasteiger partial charge in [0.05, 0.1) is 24.3 Å². The summed E-state index contributed by atoms with van der Waals surface area (Å²) in [4.78, 5) is 29.3. The Balaban J connectivity index is 1.35. The van der Waals surface area contributed by atoms with E-state index in [2.05, 4.69) is 43.3 Å². The quantitative estimate of drug-likeness (QED) is 0.514. The summed E-state index contributed by atoms with van der Waals surface area (Å²) >= 11 is 0. The fraction of sp³-hybridized carbons (Fsp3) is 0.440. The zero-order chi connectivity index (χ0) is 24.4. The van der Waals surface area contributed by atoms with Crippen LogP contribution in [0.5, 0.6) is 0 Å². The van der Waals surface area contributed by atoms with Gasteiger partial charge in [0.15, 0.2) is 0 Å². The van der Waals surface area contributed by atoms with Gasteiger partial charge in [-0.2, -0.15) is 5.26 Å². The molecule has 2 saturated heterocycles. The Hall–Kier alpha value is -3.84. The van der Waals surface area contributed by atoms with Gasteiger partial charge in [-0.15, -0.1) is 0 Å². The van der Waals surface area contributed by atoms with Crippen molar-refractivity contribution in [1.29, 1.82) is 5.26 Å². The van der Waals surface area contributed by atoms with Crippen LogP contribution in [-0.4, -0.2) is 66.6 Å². The number of aromatic amines is 2. The van der Waals surface area contributed by atoms with Gasteiger partial charge in [-0.1, -0.05) is 4.98 Å². The minimum atomic E-state index is 0.136. The summed E-state index contributed by atoms with van der Waals surface area (Å²) in [6.45, 7) is 7.28.